The Balaban J connectivity index is 1.22. The number of nitrogens with zero attached hydrogens (tertiary/aromatic N) is 6. The van der Waals surface area contributed by atoms with Crippen molar-refractivity contribution in [1.82, 2.24) is 24.5 Å². The first-order valence-electron chi connectivity index (χ1n) is 8.99. The van der Waals surface area contributed by atoms with Gasteiger partial charge in [-0.2, -0.15) is 5.10 Å². The normalized spacial score (nSPS) is 17.3. The van der Waals surface area contributed by atoms with Gasteiger partial charge in [-0.05, 0) is 50.1 Å². The monoisotopic (exact) mass is 334 g/mol. The van der Waals surface area contributed by atoms with E-state index in [9.17, 15) is 0 Å². The van der Waals surface area contributed by atoms with Crippen LogP contribution in [0.5, 0.6) is 0 Å². The molecule has 0 saturated carbocycles. The van der Waals surface area contributed by atoms with E-state index in [-0.39, 0.29) is 0 Å². The minimum atomic E-state index is 0.542. The second-order valence-electron chi connectivity index (χ2n) is 7.20. The van der Waals surface area contributed by atoms with Crippen LogP contribution < -0.4 is 4.90 Å². The Morgan fingerprint density at radius 3 is 3.00 bits per heavy atom. The van der Waals surface area contributed by atoms with E-state index in [0.717, 1.165) is 49.6 Å². The first-order chi connectivity index (χ1) is 12.3. The molecule has 0 bridgehead atoms. The number of aryl methyl sites for hydroxylation is 2. The summed E-state index contributed by atoms with van der Waals surface area (Å²) in [4.78, 5) is 9.41. The highest BCUT2D eigenvalue weighted by Gasteiger charge is 2.32. The van der Waals surface area contributed by atoms with Gasteiger partial charge < -0.3 is 9.30 Å². The fraction of sp³-hybridized carbons (Fsp3) is 0.421. The molecule has 25 heavy (non-hydrogen) atoms. The zero-order valence-electron chi connectivity index (χ0n) is 14.5. The molecule has 0 N–H and O–H groups in total. The lowest BCUT2D eigenvalue weighted by Crippen LogP contribution is -2.58. The maximum absolute atomic E-state index is 4.70. The third kappa shape index (κ3) is 2.66. The molecule has 0 unspecified atom stereocenters. The summed E-state index contributed by atoms with van der Waals surface area (Å²) in [5, 5.41) is 8.83. The molecule has 2 aliphatic rings. The Bertz CT molecular complexity index is 878. The molecule has 1 fully saturated rings. The Morgan fingerprint density at radius 2 is 2.12 bits per heavy atom. The molecule has 0 radical (unpaired) electrons. The van der Waals surface area contributed by atoms with Crippen LogP contribution in [-0.4, -0.2) is 50.7 Å². The van der Waals surface area contributed by atoms with Gasteiger partial charge in [-0.3, -0.25) is 4.90 Å². The predicted molar refractivity (Wildman–Crippen MR) is 96.7 cm³/mol. The number of hydrogen-bond acceptors (Lipinski definition) is 5. The molecule has 3 aromatic heterocycles. The quantitative estimate of drug-likeness (QED) is 0.730. The van der Waals surface area contributed by atoms with Gasteiger partial charge in [0.05, 0.1) is 11.4 Å². The van der Waals surface area contributed by atoms with E-state index in [0.29, 0.717) is 6.04 Å². The number of aromatic nitrogens is 4. The Labute approximate surface area is 147 Å². The van der Waals surface area contributed by atoms with Crippen molar-refractivity contribution in [2.24, 2.45) is 0 Å². The van der Waals surface area contributed by atoms with Crippen molar-refractivity contribution >= 4 is 11.5 Å². The number of likely N-dealkylation sites (N-methyl/N-ethyl adjacent to an activating group) is 1. The van der Waals surface area contributed by atoms with Gasteiger partial charge in [0.15, 0.2) is 5.82 Å². The zero-order chi connectivity index (χ0) is 16.8. The van der Waals surface area contributed by atoms with Gasteiger partial charge in [-0.25, -0.2) is 4.98 Å². The minimum Gasteiger partial charge on any atom is -0.352 e. The van der Waals surface area contributed by atoms with Gasteiger partial charge in [0.1, 0.15) is 5.65 Å². The molecule has 128 valence electrons. The van der Waals surface area contributed by atoms with Crippen LogP contribution in [0, 0.1) is 0 Å². The van der Waals surface area contributed by atoms with Crippen molar-refractivity contribution in [3.63, 3.8) is 0 Å². The van der Waals surface area contributed by atoms with E-state index < -0.39 is 0 Å². The molecular formula is C19H22N6. The SMILES string of the molecule is CN(Cc1cn2ccccc2n1)C1CN(c2cc3c(nn2)CCC3)C1. The second kappa shape index (κ2) is 5.81. The maximum Gasteiger partial charge on any atom is 0.151 e. The van der Waals surface area contributed by atoms with E-state index in [1.165, 1.54) is 17.7 Å². The summed E-state index contributed by atoms with van der Waals surface area (Å²) in [5.41, 5.74) is 4.72. The highest BCUT2D eigenvalue weighted by Crippen LogP contribution is 2.26. The van der Waals surface area contributed by atoms with Gasteiger partial charge in [0.25, 0.3) is 0 Å². The van der Waals surface area contributed by atoms with Crippen molar-refractivity contribution < 1.29 is 0 Å². The van der Waals surface area contributed by atoms with Crippen molar-refractivity contribution in [3.8, 4) is 0 Å². The maximum atomic E-state index is 4.70. The highest BCUT2D eigenvalue weighted by atomic mass is 15.4. The Hall–Kier alpha value is -2.47. The lowest BCUT2D eigenvalue weighted by atomic mass is 10.1. The van der Waals surface area contributed by atoms with Gasteiger partial charge in [-0.1, -0.05) is 6.07 Å². The minimum absolute atomic E-state index is 0.542. The molecule has 3 aromatic rings. The molecule has 4 heterocycles. The van der Waals surface area contributed by atoms with Crippen LogP contribution in [0.3, 0.4) is 0 Å². The zero-order valence-corrected chi connectivity index (χ0v) is 14.5. The number of anilines is 1. The summed E-state index contributed by atoms with van der Waals surface area (Å²) in [7, 11) is 2.18. The van der Waals surface area contributed by atoms with E-state index in [1.54, 1.807) is 0 Å². The summed E-state index contributed by atoms with van der Waals surface area (Å²) < 4.78 is 2.08. The topological polar surface area (TPSA) is 49.6 Å². The van der Waals surface area contributed by atoms with Gasteiger partial charge >= 0.3 is 0 Å². The highest BCUT2D eigenvalue weighted by molar-refractivity contribution is 5.46. The molecule has 6 nitrogen and oxygen atoms in total. The molecule has 6 heteroatoms. The van der Waals surface area contributed by atoms with Crippen LogP contribution in [0.1, 0.15) is 23.4 Å². The molecule has 0 aromatic carbocycles. The number of hydrogen-bond donors (Lipinski definition) is 0. The fourth-order valence-electron chi connectivity index (χ4n) is 3.84. The Kier molecular flexibility index (Phi) is 3.45. The average molecular weight is 334 g/mol. The second-order valence-corrected chi connectivity index (χ2v) is 7.20. The predicted octanol–water partition coefficient (Wildman–Crippen LogP) is 1.93. The third-order valence-corrected chi connectivity index (χ3v) is 5.44. The first-order valence-corrected chi connectivity index (χ1v) is 8.99. The van der Waals surface area contributed by atoms with Crippen LogP contribution in [0.25, 0.3) is 5.65 Å². The molecule has 0 spiro atoms. The average Bonchev–Trinajstić information content (AvgIpc) is 3.18. The van der Waals surface area contributed by atoms with E-state index in [1.807, 2.05) is 24.4 Å². The number of fused-ring (bicyclic) bond motifs is 2. The smallest absolute Gasteiger partial charge is 0.151 e. The summed E-state index contributed by atoms with van der Waals surface area (Å²) in [6.07, 6.45) is 7.63. The van der Waals surface area contributed by atoms with Crippen molar-refractivity contribution in [3.05, 3.63) is 53.6 Å². The van der Waals surface area contributed by atoms with E-state index in [4.69, 9.17) is 4.98 Å². The molecular weight excluding hydrogens is 312 g/mol. The molecule has 1 aliphatic carbocycles. The molecule has 1 saturated heterocycles. The van der Waals surface area contributed by atoms with Crippen LogP contribution in [-0.2, 0) is 19.4 Å². The Morgan fingerprint density at radius 1 is 1.20 bits per heavy atom. The number of pyridine rings is 1. The van der Waals surface area contributed by atoms with E-state index >= 15 is 0 Å². The fourth-order valence-corrected chi connectivity index (χ4v) is 3.84. The molecule has 0 amide bonds. The summed E-state index contributed by atoms with van der Waals surface area (Å²) in [5.74, 6) is 1.04. The van der Waals surface area contributed by atoms with Crippen molar-refractivity contribution in [2.45, 2.75) is 31.8 Å². The largest absolute Gasteiger partial charge is 0.352 e. The van der Waals surface area contributed by atoms with Crippen molar-refractivity contribution in [2.75, 3.05) is 25.0 Å². The molecule has 0 atom stereocenters. The van der Waals surface area contributed by atoms with Crippen molar-refractivity contribution in [1.29, 1.82) is 0 Å². The standard InChI is InChI=1S/C19H22N6/c1-23(10-15-11-24-8-3-2-7-18(24)20-15)16-12-25(13-16)19-9-14-5-4-6-17(14)21-22-19/h2-3,7-9,11,16H,4-6,10,12-13H2,1H3. The van der Waals surface area contributed by atoms with Crippen LogP contribution in [0.15, 0.2) is 36.7 Å². The van der Waals surface area contributed by atoms with Gasteiger partial charge in [-0.15, -0.1) is 5.10 Å². The van der Waals surface area contributed by atoms with E-state index in [2.05, 4.69) is 43.7 Å². The van der Waals surface area contributed by atoms with Gasteiger partial charge in [0.2, 0.25) is 0 Å². The lowest BCUT2D eigenvalue weighted by Gasteiger charge is -2.44. The summed E-state index contributed by atoms with van der Waals surface area (Å²) >= 11 is 0. The molecule has 5 rings (SSSR count). The van der Waals surface area contributed by atoms with Crippen LogP contribution in [0.2, 0.25) is 0 Å². The van der Waals surface area contributed by atoms with Gasteiger partial charge in [0, 0.05) is 38.1 Å². The first kappa shape index (κ1) is 14.8. The molecule has 1 aliphatic heterocycles. The van der Waals surface area contributed by atoms with Crippen LogP contribution >= 0.6 is 0 Å². The van der Waals surface area contributed by atoms with Crippen LogP contribution in [0.4, 0.5) is 5.82 Å². The lowest BCUT2D eigenvalue weighted by molar-refractivity contribution is 0.195. The third-order valence-electron chi connectivity index (χ3n) is 5.44. The summed E-state index contributed by atoms with van der Waals surface area (Å²) in [6.45, 7) is 2.89. The summed E-state index contributed by atoms with van der Waals surface area (Å²) in [6, 6.07) is 8.88. The number of rotatable bonds is 4. The number of imidazole rings is 1.